The molecule has 1 N–H and O–H groups in total. The summed E-state index contributed by atoms with van der Waals surface area (Å²) in [6.45, 7) is 4.84. The molecule has 1 atom stereocenters. The second-order valence-electron chi connectivity index (χ2n) is 7.31. The molecule has 0 radical (unpaired) electrons. The minimum Gasteiger partial charge on any atom is -0.420 e. The average Bonchev–Trinajstić information content (AvgIpc) is 3.01. The monoisotopic (exact) mass is 502 g/mol. The number of nitrogens with one attached hydrogen (secondary N) is 1. The van der Waals surface area contributed by atoms with Crippen molar-refractivity contribution >= 4 is 44.8 Å². The van der Waals surface area contributed by atoms with Crippen molar-refractivity contribution in [2.24, 2.45) is 0 Å². The molecular weight excluding hydrogens is 482 g/mol. The number of halogens is 4. The van der Waals surface area contributed by atoms with Gasteiger partial charge in [0.15, 0.2) is 0 Å². The highest BCUT2D eigenvalue weighted by atomic mass is 79.9. The maximum atomic E-state index is 12.8. The second-order valence-corrected chi connectivity index (χ2v) is 8.60. The number of nitrogens with zero attached hydrogens (tertiary/aromatic N) is 1. The van der Waals surface area contributed by atoms with Crippen LogP contribution in [0.5, 0.6) is 5.75 Å². The van der Waals surface area contributed by atoms with Crippen molar-refractivity contribution in [2.75, 3.05) is 23.9 Å². The Morgan fingerprint density at radius 1 is 1.33 bits per heavy atom. The third-order valence-corrected chi connectivity index (χ3v) is 5.45. The van der Waals surface area contributed by atoms with E-state index in [2.05, 4.69) is 44.7 Å². The van der Waals surface area contributed by atoms with E-state index in [1.807, 2.05) is 6.07 Å². The molecule has 0 saturated heterocycles. The number of carbonyl (C=O) groups excluding carboxylic acids is 1. The Labute approximate surface area is 187 Å². The van der Waals surface area contributed by atoms with Gasteiger partial charge in [-0.1, -0.05) is 0 Å². The van der Waals surface area contributed by atoms with Crippen LogP contribution in [-0.4, -0.2) is 37.3 Å². The van der Waals surface area contributed by atoms with Gasteiger partial charge >= 0.3 is 5.57 Å². The van der Waals surface area contributed by atoms with Crippen molar-refractivity contribution in [3.8, 4) is 5.75 Å². The normalized spacial score (nSPS) is 16.0. The van der Waals surface area contributed by atoms with Crippen molar-refractivity contribution in [1.29, 1.82) is 0 Å². The van der Waals surface area contributed by atoms with Gasteiger partial charge in [0.05, 0.1) is 18.3 Å². The number of anilines is 2. The SMILES string of the molecule is COCC1Cc2cc(C(=O)Nc3ccc(OC(F)(F)Cl)cc3)cc(Br)c2N1C(C)C. The number of hydrogen-bond acceptors (Lipinski definition) is 4. The van der Waals surface area contributed by atoms with E-state index in [1.165, 1.54) is 24.3 Å². The summed E-state index contributed by atoms with van der Waals surface area (Å²) in [5.74, 6) is -0.410. The smallest absolute Gasteiger partial charge is 0.420 e. The van der Waals surface area contributed by atoms with Crippen LogP contribution in [0, 0.1) is 0 Å². The Hall–Kier alpha value is -1.90. The standard InChI is InChI=1S/C21H22BrClF2N2O3/c1-12(2)27-16(11-29-3)9-13-8-14(10-18(22)19(13)27)20(28)26-15-4-6-17(7-5-15)30-21(23,24)25/h4-8,10,12,16H,9,11H2,1-3H3,(H,26,28). The zero-order chi connectivity index (χ0) is 22.1. The molecule has 3 rings (SSSR count). The van der Waals surface area contributed by atoms with Gasteiger partial charge in [0.1, 0.15) is 5.75 Å². The fraction of sp³-hybridized carbons (Fsp3) is 0.381. The Bertz CT molecular complexity index is 920. The molecule has 0 saturated carbocycles. The van der Waals surface area contributed by atoms with Gasteiger partial charge in [0.2, 0.25) is 0 Å². The minimum absolute atomic E-state index is 0.105. The zero-order valence-corrected chi connectivity index (χ0v) is 19.1. The molecule has 9 heteroatoms. The summed E-state index contributed by atoms with van der Waals surface area (Å²) < 4.78 is 35.9. The maximum Gasteiger partial charge on any atom is 0.487 e. The lowest BCUT2D eigenvalue weighted by Crippen LogP contribution is -2.40. The molecule has 1 aliphatic heterocycles. The number of alkyl halides is 3. The number of amides is 1. The molecule has 5 nitrogen and oxygen atoms in total. The van der Waals surface area contributed by atoms with Crippen LogP contribution in [0.1, 0.15) is 29.8 Å². The molecule has 2 aromatic rings. The lowest BCUT2D eigenvalue weighted by atomic mass is 10.1. The van der Waals surface area contributed by atoms with Gasteiger partial charge in [-0.15, -0.1) is 8.78 Å². The third kappa shape index (κ3) is 5.22. The number of carbonyl (C=O) groups is 1. The summed E-state index contributed by atoms with van der Waals surface area (Å²) in [5, 5.41) is 2.76. The average molecular weight is 504 g/mol. The molecule has 2 aromatic carbocycles. The predicted molar refractivity (Wildman–Crippen MR) is 117 cm³/mol. The van der Waals surface area contributed by atoms with E-state index in [0.29, 0.717) is 17.9 Å². The molecule has 0 bridgehead atoms. The molecule has 1 aliphatic rings. The highest BCUT2D eigenvalue weighted by Gasteiger charge is 2.33. The van der Waals surface area contributed by atoms with E-state index >= 15 is 0 Å². The van der Waals surface area contributed by atoms with Gasteiger partial charge in [-0.25, -0.2) is 0 Å². The van der Waals surface area contributed by atoms with E-state index in [-0.39, 0.29) is 23.7 Å². The summed E-state index contributed by atoms with van der Waals surface area (Å²) in [4.78, 5) is 15.1. The Morgan fingerprint density at radius 3 is 2.57 bits per heavy atom. The summed E-state index contributed by atoms with van der Waals surface area (Å²) in [6.07, 6.45) is 0.778. The number of fused-ring (bicyclic) bond motifs is 1. The minimum atomic E-state index is -3.79. The summed E-state index contributed by atoms with van der Waals surface area (Å²) in [5.41, 5.74) is -0.699. The van der Waals surface area contributed by atoms with Crippen molar-refractivity contribution < 1.29 is 23.0 Å². The van der Waals surface area contributed by atoms with Crippen molar-refractivity contribution in [2.45, 2.75) is 37.9 Å². The van der Waals surface area contributed by atoms with E-state index in [9.17, 15) is 13.6 Å². The third-order valence-electron chi connectivity index (χ3n) is 4.77. The highest BCUT2D eigenvalue weighted by Crippen LogP contribution is 2.41. The van der Waals surface area contributed by atoms with Gasteiger partial charge < -0.3 is 19.7 Å². The number of methoxy groups -OCH3 is 1. The van der Waals surface area contributed by atoms with Gasteiger partial charge in [-0.3, -0.25) is 4.79 Å². The molecule has 1 unspecified atom stereocenters. The van der Waals surface area contributed by atoms with Gasteiger partial charge in [-0.2, -0.15) is 0 Å². The van der Waals surface area contributed by atoms with Crippen LogP contribution in [0.4, 0.5) is 20.2 Å². The molecule has 0 aromatic heterocycles. The molecule has 0 aliphatic carbocycles. The molecule has 0 spiro atoms. The van der Waals surface area contributed by atoms with E-state index in [4.69, 9.17) is 16.3 Å². The Morgan fingerprint density at radius 2 is 2.00 bits per heavy atom. The van der Waals surface area contributed by atoms with Gasteiger partial charge in [0, 0.05) is 40.5 Å². The van der Waals surface area contributed by atoms with Gasteiger partial charge in [-0.05, 0) is 78.2 Å². The van der Waals surface area contributed by atoms with E-state index < -0.39 is 5.57 Å². The lowest BCUT2D eigenvalue weighted by molar-refractivity contribution is -0.0964. The lowest BCUT2D eigenvalue weighted by Gasteiger charge is -2.31. The summed E-state index contributed by atoms with van der Waals surface area (Å²) in [7, 11) is 1.68. The van der Waals surface area contributed by atoms with Crippen LogP contribution in [0.3, 0.4) is 0 Å². The first-order chi connectivity index (χ1) is 14.1. The zero-order valence-electron chi connectivity index (χ0n) is 16.7. The Kier molecular flexibility index (Phi) is 6.89. The second kappa shape index (κ2) is 9.08. The van der Waals surface area contributed by atoms with Crippen molar-refractivity contribution in [1.82, 2.24) is 0 Å². The van der Waals surface area contributed by atoms with Crippen LogP contribution in [-0.2, 0) is 11.2 Å². The fourth-order valence-corrected chi connectivity index (χ4v) is 4.52. The summed E-state index contributed by atoms with van der Waals surface area (Å²) >= 11 is 8.37. The first-order valence-electron chi connectivity index (χ1n) is 9.36. The van der Waals surface area contributed by atoms with Crippen molar-refractivity contribution in [3.63, 3.8) is 0 Å². The molecule has 1 heterocycles. The van der Waals surface area contributed by atoms with E-state index in [1.54, 1.807) is 13.2 Å². The van der Waals surface area contributed by atoms with Crippen LogP contribution >= 0.6 is 27.5 Å². The van der Waals surface area contributed by atoms with Crippen LogP contribution in [0.15, 0.2) is 40.9 Å². The molecule has 30 heavy (non-hydrogen) atoms. The van der Waals surface area contributed by atoms with Gasteiger partial charge in [0.25, 0.3) is 5.91 Å². The fourth-order valence-electron chi connectivity index (χ4n) is 3.72. The quantitative estimate of drug-likeness (QED) is 0.496. The van der Waals surface area contributed by atoms with Crippen LogP contribution < -0.4 is 15.0 Å². The highest BCUT2D eigenvalue weighted by molar-refractivity contribution is 9.10. The first kappa shape index (κ1) is 22.8. The van der Waals surface area contributed by atoms with Crippen molar-refractivity contribution in [3.05, 3.63) is 52.0 Å². The number of rotatable bonds is 7. The van der Waals surface area contributed by atoms with Crippen LogP contribution in [0.2, 0.25) is 0 Å². The summed E-state index contributed by atoms with van der Waals surface area (Å²) in [6, 6.07) is 9.69. The predicted octanol–water partition coefficient (Wildman–Crippen LogP) is 5.66. The largest absolute Gasteiger partial charge is 0.487 e. The number of ether oxygens (including phenoxy) is 2. The van der Waals surface area contributed by atoms with E-state index in [0.717, 1.165) is 22.1 Å². The first-order valence-corrected chi connectivity index (χ1v) is 10.5. The van der Waals surface area contributed by atoms with Crippen LogP contribution in [0.25, 0.3) is 0 Å². The maximum absolute atomic E-state index is 12.8. The molecule has 1 amide bonds. The molecule has 0 fully saturated rings. The number of hydrogen-bond donors (Lipinski definition) is 1. The molecular formula is C21H22BrClF2N2O3. The Balaban J connectivity index is 1.78. The molecule has 162 valence electrons. The number of benzene rings is 2. The topological polar surface area (TPSA) is 50.8 Å².